The number of aromatic nitrogens is 1. The van der Waals surface area contributed by atoms with Crippen LogP contribution in [0.25, 0.3) is 10.2 Å². The van der Waals surface area contributed by atoms with Gasteiger partial charge in [0.25, 0.3) is 0 Å². The lowest BCUT2D eigenvalue weighted by atomic mass is 10.1. The van der Waals surface area contributed by atoms with Crippen LogP contribution in [0.5, 0.6) is 0 Å². The summed E-state index contributed by atoms with van der Waals surface area (Å²) in [6.07, 6.45) is 0. The number of thiazole rings is 1. The third-order valence-electron chi connectivity index (χ3n) is 3.00. The average Bonchev–Trinajstić information content (AvgIpc) is 2.66. The highest BCUT2D eigenvalue weighted by Crippen LogP contribution is 2.17. The molecule has 3 heteroatoms. The predicted octanol–water partition coefficient (Wildman–Crippen LogP) is 3.42. The number of rotatable bonds is 2. The Morgan fingerprint density at radius 1 is 1.11 bits per heavy atom. The predicted molar refractivity (Wildman–Crippen MR) is 76.4 cm³/mol. The van der Waals surface area contributed by atoms with Gasteiger partial charge in [-0.05, 0) is 24.6 Å². The van der Waals surface area contributed by atoms with E-state index in [1.807, 2.05) is 34.9 Å². The van der Waals surface area contributed by atoms with Crippen LogP contribution in [0.1, 0.15) is 11.1 Å². The summed E-state index contributed by atoms with van der Waals surface area (Å²) >= 11 is 1.31. The number of para-hydroxylation sites is 1. The third kappa shape index (κ3) is 1.97. The second kappa shape index (κ2) is 4.42. The molecule has 0 amide bonds. The highest BCUT2D eigenvalue weighted by molar-refractivity contribution is 7.16. The van der Waals surface area contributed by atoms with Gasteiger partial charge in [-0.2, -0.15) is 0 Å². The van der Waals surface area contributed by atoms with Gasteiger partial charge in [-0.1, -0.05) is 53.3 Å². The van der Waals surface area contributed by atoms with Crippen LogP contribution in [0.2, 0.25) is 0 Å². The van der Waals surface area contributed by atoms with Gasteiger partial charge in [0.1, 0.15) is 0 Å². The van der Waals surface area contributed by atoms with Crippen LogP contribution >= 0.6 is 11.3 Å². The average molecular weight is 255 g/mol. The second-order valence-corrected chi connectivity index (χ2v) is 5.40. The van der Waals surface area contributed by atoms with Gasteiger partial charge in [-0.3, -0.25) is 9.36 Å². The molecule has 1 heterocycles. The van der Waals surface area contributed by atoms with Crippen molar-refractivity contribution in [2.75, 3.05) is 0 Å². The van der Waals surface area contributed by atoms with E-state index >= 15 is 0 Å². The van der Waals surface area contributed by atoms with Gasteiger partial charge < -0.3 is 0 Å². The summed E-state index contributed by atoms with van der Waals surface area (Å²) in [7, 11) is 0. The Morgan fingerprint density at radius 2 is 1.94 bits per heavy atom. The molecular formula is C15H13NOS. The van der Waals surface area contributed by atoms with E-state index in [1.165, 1.54) is 22.5 Å². The van der Waals surface area contributed by atoms with Crippen LogP contribution in [0.4, 0.5) is 0 Å². The zero-order valence-electron chi connectivity index (χ0n) is 10.1. The maximum absolute atomic E-state index is 12.0. The van der Waals surface area contributed by atoms with E-state index in [4.69, 9.17) is 0 Å². The summed E-state index contributed by atoms with van der Waals surface area (Å²) < 4.78 is 2.89. The lowest BCUT2D eigenvalue weighted by Gasteiger charge is -2.04. The first kappa shape index (κ1) is 11.2. The molecule has 90 valence electrons. The monoisotopic (exact) mass is 255 g/mol. The molecular weight excluding hydrogens is 242 g/mol. The van der Waals surface area contributed by atoms with E-state index in [0.29, 0.717) is 6.54 Å². The van der Waals surface area contributed by atoms with Crippen molar-refractivity contribution in [1.29, 1.82) is 0 Å². The zero-order valence-corrected chi connectivity index (χ0v) is 10.9. The molecule has 0 aliphatic rings. The summed E-state index contributed by atoms with van der Waals surface area (Å²) in [5.74, 6) is 0. The highest BCUT2D eigenvalue weighted by atomic mass is 32.1. The van der Waals surface area contributed by atoms with Crippen molar-refractivity contribution in [3.8, 4) is 0 Å². The number of fused-ring (bicyclic) bond motifs is 1. The SMILES string of the molecule is Cc1cccc(Cn2c(=O)sc3ccccc32)c1. The van der Waals surface area contributed by atoms with Crippen LogP contribution in [0.3, 0.4) is 0 Å². The molecule has 1 aromatic heterocycles. The lowest BCUT2D eigenvalue weighted by Crippen LogP contribution is -2.13. The first-order valence-corrected chi connectivity index (χ1v) is 6.69. The molecule has 3 rings (SSSR count). The molecule has 0 N–H and O–H groups in total. The van der Waals surface area contributed by atoms with Crippen molar-refractivity contribution >= 4 is 21.6 Å². The number of hydrogen-bond donors (Lipinski definition) is 0. The molecule has 0 atom stereocenters. The molecule has 0 saturated heterocycles. The topological polar surface area (TPSA) is 22.0 Å². The van der Waals surface area contributed by atoms with Crippen LogP contribution in [0.15, 0.2) is 53.3 Å². The summed E-state index contributed by atoms with van der Waals surface area (Å²) in [6.45, 7) is 2.71. The van der Waals surface area contributed by atoms with Crippen LogP contribution in [-0.2, 0) is 6.54 Å². The number of nitrogens with zero attached hydrogens (tertiary/aromatic N) is 1. The number of hydrogen-bond acceptors (Lipinski definition) is 2. The van der Waals surface area contributed by atoms with Crippen LogP contribution in [-0.4, -0.2) is 4.57 Å². The van der Waals surface area contributed by atoms with E-state index < -0.39 is 0 Å². The maximum atomic E-state index is 12.0. The molecule has 0 aliphatic carbocycles. The van der Waals surface area contributed by atoms with Crippen molar-refractivity contribution in [3.63, 3.8) is 0 Å². The molecule has 2 aromatic carbocycles. The molecule has 0 bridgehead atoms. The Labute approximate surface area is 109 Å². The summed E-state index contributed by atoms with van der Waals surface area (Å²) in [6, 6.07) is 16.2. The number of aryl methyl sites for hydroxylation is 1. The molecule has 0 aliphatic heterocycles. The fourth-order valence-electron chi connectivity index (χ4n) is 2.16. The Morgan fingerprint density at radius 3 is 2.78 bits per heavy atom. The van der Waals surface area contributed by atoms with Crippen molar-refractivity contribution in [1.82, 2.24) is 4.57 Å². The standard InChI is InChI=1S/C15H13NOS/c1-11-5-4-6-12(9-11)10-16-13-7-2-3-8-14(13)18-15(16)17/h2-9H,10H2,1H3. The van der Waals surface area contributed by atoms with E-state index in [1.54, 1.807) is 0 Å². The first-order valence-electron chi connectivity index (χ1n) is 5.88. The van der Waals surface area contributed by atoms with Crippen molar-refractivity contribution in [2.24, 2.45) is 0 Å². The zero-order chi connectivity index (χ0) is 12.5. The van der Waals surface area contributed by atoms with E-state index in [9.17, 15) is 4.79 Å². The maximum Gasteiger partial charge on any atom is 0.308 e. The number of benzene rings is 2. The van der Waals surface area contributed by atoms with Gasteiger partial charge in [0.05, 0.1) is 16.8 Å². The minimum absolute atomic E-state index is 0.109. The van der Waals surface area contributed by atoms with Gasteiger partial charge in [0, 0.05) is 0 Å². The van der Waals surface area contributed by atoms with Gasteiger partial charge in [0.2, 0.25) is 0 Å². The van der Waals surface area contributed by atoms with Gasteiger partial charge in [0.15, 0.2) is 0 Å². The Bertz CT molecular complexity index is 754. The Kier molecular flexibility index (Phi) is 2.76. The van der Waals surface area contributed by atoms with E-state index in [0.717, 1.165) is 10.2 Å². The molecule has 0 spiro atoms. The van der Waals surface area contributed by atoms with Gasteiger partial charge in [-0.15, -0.1) is 0 Å². The Balaban J connectivity index is 2.10. The summed E-state index contributed by atoms with van der Waals surface area (Å²) in [5, 5.41) is 0. The molecule has 0 saturated carbocycles. The van der Waals surface area contributed by atoms with E-state index in [2.05, 4.69) is 25.1 Å². The molecule has 3 aromatic rings. The van der Waals surface area contributed by atoms with Gasteiger partial charge >= 0.3 is 4.87 Å². The third-order valence-corrected chi connectivity index (χ3v) is 3.96. The lowest BCUT2D eigenvalue weighted by molar-refractivity contribution is 0.815. The fourth-order valence-corrected chi connectivity index (χ4v) is 3.05. The molecule has 0 unspecified atom stereocenters. The molecule has 0 radical (unpaired) electrons. The first-order chi connectivity index (χ1) is 8.74. The fraction of sp³-hybridized carbons (Fsp3) is 0.133. The van der Waals surface area contributed by atoms with Crippen LogP contribution < -0.4 is 4.87 Å². The smallest absolute Gasteiger partial charge is 0.294 e. The van der Waals surface area contributed by atoms with Gasteiger partial charge in [-0.25, -0.2) is 0 Å². The van der Waals surface area contributed by atoms with Crippen molar-refractivity contribution in [2.45, 2.75) is 13.5 Å². The largest absolute Gasteiger partial charge is 0.308 e. The molecule has 0 fully saturated rings. The van der Waals surface area contributed by atoms with Crippen molar-refractivity contribution < 1.29 is 0 Å². The molecule has 18 heavy (non-hydrogen) atoms. The van der Waals surface area contributed by atoms with E-state index in [-0.39, 0.29) is 4.87 Å². The summed E-state index contributed by atoms with van der Waals surface area (Å²) in [4.78, 5) is 12.1. The minimum atomic E-state index is 0.109. The normalized spacial score (nSPS) is 10.9. The Hall–Kier alpha value is -1.87. The van der Waals surface area contributed by atoms with Crippen LogP contribution in [0, 0.1) is 6.92 Å². The highest BCUT2D eigenvalue weighted by Gasteiger charge is 2.06. The quantitative estimate of drug-likeness (QED) is 0.687. The van der Waals surface area contributed by atoms with Crippen molar-refractivity contribution in [3.05, 3.63) is 69.3 Å². The summed E-state index contributed by atoms with van der Waals surface area (Å²) in [5.41, 5.74) is 3.41. The second-order valence-electron chi connectivity index (χ2n) is 4.41. The molecule has 2 nitrogen and oxygen atoms in total. The minimum Gasteiger partial charge on any atom is -0.294 e.